The van der Waals surface area contributed by atoms with Crippen molar-refractivity contribution < 1.29 is 27.5 Å². The molecule has 0 unspecified atom stereocenters. The zero-order valence-electron chi connectivity index (χ0n) is 25.7. The third-order valence-electron chi connectivity index (χ3n) is 7.23. The first-order valence-electron chi connectivity index (χ1n) is 14.4. The van der Waals surface area contributed by atoms with E-state index in [-0.39, 0.29) is 40.2 Å². The van der Waals surface area contributed by atoms with Crippen LogP contribution in [0.15, 0.2) is 102 Å². The predicted octanol–water partition coefficient (Wildman–Crippen LogP) is 5.98. The summed E-state index contributed by atoms with van der Waals surface area (Å²) in [5.74, 6) is -0.425. The second kappa shape index (κ2) is 15.8. The number of ether oxygens (including phenoxy) is 2. The van der Waals surface area contributed by atoms with Crippen molar-refractivity contribution in [1.82, 2.24) is 10.2 Å². The van der Waals surface area contributed by atoms with Gasteiger partial charge in [0.05, 0.1) is 34.8 Å². The van der Waals surface area contributed by atoms with Crippen LogP contribution in [0, 0.1) is 0 Å². The molecule has 0 spiro atoms. The zero-order valence-corrected chi connectivity index (χ0v) is 28.0. The van der Waals surface area contributed by atoms with Crippen molar-refractivity contribution in [2.75, 3.05) is 31.6 Å². The first-order valence-corrected chi connectivity index (χ1v) is 16.6. The summed E-state index contributed by atoms with van der Waals surface area (Å²) in [6.45, 7) is 1.48. The molecule has 4 aromatic rings. The average molecular weight is 685 g/mol. The van der Waals surface area contributed by atoms with Crippen LogP contribution in [0.5, 0.6) is 11.5 Å². The van der Waals surface area contributed by atoms with Crippen LogP contribution in [0.25, 0.3) is 0 Å². The molecule has 2 amide bonds. The molecule has 1 N–H and O–H groups in total. The lowest BCUT2D eigenvalue weighted by Gasteiger charge is -2.34. The number of nitrogens with zero attached hydrogens (tertiary/aromatic N) is 2. The first-order chi connectivity index (χ1) is 22.1. The topological polar surface area (TPSA) is 105 Å². The van der Waals surface area contributed by atoms with Gasteiger partial charge in [0, 0.05) is 25.6 Å². The largest absolute Gasteiger partial charge is 0.493 e. The number of sulfonamides is 1. The van der Waals surface area contributed by atoms with Crippen molar-refractivity contribution in [3.8, 4) is 11.5 Å². The van der Waals surface area contributed by atoms with Crippen LogP contribution in [0.4, 0.5) is 5.69 Å². The number of rotatable bonds is 14. The standard InChI is InChI=1S/C34H35Cl2N3O6S/c1-4-37-34(41)30(20-24-11-7-5-8-12-24)38(22-25-15-17-28(35)29(36)19-25)33(40)23-39(26-13-9-6-10-14-26)46(42,43)27-16-18-31(44-2)32(21-27)45-3/h5-19,21,30H,4,20,22-23H2,1-3H3,(H,37,41)/t30-/m0/s1. The lowest BCUT2D eigenvalue weighted by atomic mass is 10.0. The molecule has 1 atom stereocenters. The summed E-state index contributed by atoms with van der Waals surface area (Å²) in [4.78, 5) is 29.3. The van der Waals surface area contributed by atoms with E-state index in [4.69, 9.17) is 32.7 Å². The van der Waals surface area contributed by atoms with E-state index in [9.17, 15) is 18.0 Å². The normalized spacial score (nSPS) is 11.8. The van der Waals surface area contributed by atoms with E-state index in [1.165, 1.54) is 37.3 Å². The number of halogens is 2. The Labute approximate surface area is 279 Å². The zero-order chi connectivity index (χ0) is 33.3. The van der Waals surface area contributed by atoms with Gasteiger partial charge in [0.1, 0.15) is 12.6 Å². The van der Waals surface area contributed by atoms with E-state index >= 15 is 0 Å². The van der Waals surface area contributed by atoms with E-state index in [2.05, 4.69) is 5.32 Å². The monoisotopic (exact) mass is 683 g/mol. The third kappa shape index (κ3) is 8.31. The SMILES string of the molecule is CCNC(=O)[C@H](Cc1ccccc1)N(Cc1ccc(Cl)c(Cl)c1)C(=O)CN(c1ccccc1)S(=O)(=O)c1ccc(OC)c(OC)c1. The minimum absolute atomic E-state index is 0.0383. The predicted molar refractivity (Wildman–Crippen MR) is 180 cm³/mol. The number of carbonyl (C=O) groups excluding carboxylic acids is 2. The molecule has 0 bridgehead atoms. The lowest BCUT2D eigenvalue weighted by molar-refractivity contribution is -0.140. The Bertz CT molecular complexity index is 1760. The summed E-state index contributed by atoms with van der Waals surface area (Å²) in [5, 5.41) is 3.46. The van der Waals surface area contributed by atoms with Crippen LogP contribution in [0.1, 0.15) is 18.1 Å². The molecular formula is C34H35Cl2N3O6S. The maximum absolute atomic E-state index is 14.5. The van der Waals surface area contributed by atoms with Gasteiger partial charge in [-0.3, -0.25) is 13.9 Å². The number of benzene rings is 4. The van der Waals surface area contributed by atoms with Crippen molar-refractivity contribution in [3.05, 3.63) is 118 Å². The van der Waals surface area contributed by atoms with Gasteiger partial charge in [0.2, 0.25) is 11.8 Å². The maximum Gasteiger partial charge on any atom is 0.264 e. The highest BCUT2D eigenvalue weighted by Crippen LogP contribution is 2.32. The number of anilines is 1. The van der Waals surface area contributed by atoms with Gasteiger partial charge in [-0.2, -0.15) is 0 Å². The minimum atomic E-state index is -4.33. The molecule has 4 aromatic carbocycles. The summed E-state index contributed by atoms with van der Waals surface area (Å²) in [5.41, 5.74) is 1.69. The summed E-state index contributed by atoms with van der Waals surface area (Å²) in [6, 6.07) is 25.8. The van der Waals surface area contributed by atoms with Crippen LogP contribution in [0.2, 0.25) is 10.0 Å². The summed E-state index contributed by atoms with van der Waals surface area (Å²) >= 11 is 12.5. The number of hydrogen-bond acceptors (Lipinski definition) is 6. The number of nitrogens with one attached hydrogen (secondary N) is 1. The van der Waals surface area contributed by atoms with Crippen molar-refractivity contribution in [1.29, 1.82) is 0 Å². The molecule has 4 rings (SSSR count). The van der Waals surface area contributed by atoms with Crippen LogP contribution in [-0.4, -0.2) is 58.5 Å². The van der Waals surface area contributed by atoms with Crippen LogP contribution >= 0.6 is 23.2 Å². The highest BCUT2D eigenvalue weighted by atomic mass is 35.5. The lowest BCUT2D eigenvalue weighted by Crippen LogP contribution is -2.53. The number of carbonyl (C=O) groups is 2. The van der Waals surface area contributed by atoms with Crippen LogP contribution < -0.4 is 19.1 Å². The number of hydrogen-bond donors (Lipinski definition) is 1. The molecule has 0 aliphatic heterocycles. The minimum Gasteiger partial charge on any atom is -0.493 e. The van der Waals surface area contributed by atoms with Crippen LogP contribution in [0.3, 0.4) is 0 Å². The highest BCUT2D eigenvalue weighted by Gasteiger charge is 2.35. The van der Waals surface area contributed by atoms with Gasteiger partial charge in [0.15, 0.2) is 11.5 Å². The van der Waals surface area contributed by atoms with Crippen molar-refractivity contribution in [3.63, 3.8) is 0 Å². The van der Waals surface area contributed by atoms with E-state index in [1.54, 1.807) is 55.5 Å². The molecule has 0 radical (unpaired) electrons. The Morgan fingerprint density at radius 1 is 0.804 bits per heavy atom. The highest BCUT2D eigenvalue weighted by molar-refractivity contribution is 7.92. The molecule has 0 aromatic heterocycles. The van der Waals surface area contributed by atoms with E-state index < -0.39 is 28.5 Å². The summed E-state index contributed by atoms with van der Waals surface area (Å²) in [7, 11) is -1.48. The maximum atomic E-state index is 14.5. The molecular weight excluding hydrogens is 649 g/mol. The Morgan fingerprint density at radius 2 is 1.46 bits per heavy atom. The molecule has 0 aliphatic carbocycles. The van der Waals surface area contributed by atoms with Crippen molar-refractivity contribution in [2.45, 2.75) is 30.8 Å². The summed E-state index contributed by atoms with van der Waals surface area (Å²) < 4.78 is 40.1. The van der Waals surface area contributed by atoms with Gasteiger partial charge in [-0.25, -0.2) is 8.42 Å². The number of para-hydroxylation sites is 1. The molecule has 0 fully saturated rings. The van der Waals surface area contributed by atoms with Crippen LogP contribution in [-0.2, 0) is 32.6 Å². The molecule has 46 heavy (non-hydrogen) atoms. The Balaban J connectivity index is 1.81. The van der Waals surface area contributed by atoms with Gasteiger partial charge < -0.3 is 19.7 Å². The fourth-order valence-electron chi connectivity index (χ4n) is 4.91. The number of likely N-dealkylation sites (N-methyl/N-ethyl adjacent to an activating group) is 1. The Kier molecular flexibility index (Phi) is 11.9. The quantitative estimate of drug-likeness (QED) is 0.175. The molecule has 0 heterocycles. The molecule has 0 saturated carbocycles. The Hall–Kier alpha value is -4.25. The molecule has 12 heteroatoms. The van der Waals surface area contributed by atoms with Gasteiger partial charge in [-0.05, 0) is 54.4 Å². The first kappa shape index (κ1) is 34.6. The average Bonchev–Trinajstić information content (AvgIpc) is 3.07. The molecule has 242 valence electrons. The van der Waals surface area contributed by atoms with Crippen molar-refractivity contribution >= 4 is 50.7 Å². The Morgan fingerprint density at radius 3 is 2.07 bits per heavy atom. The van der Waals surface area contributed by atoms with Gasteiger partial charge in [0.25, 0.3) is 10.0 Å². The third-order valence-corrected chi connectivity index (χ3v) is 9.73. The fourth-order valence-corrected chi connectivity index (χ4v) is 6.66. The second-order valence-electron chi connectivity index (χ2n) is 10.2. The molecule has 0 aliphatic rings. The second-order valence-corrected chi connectivity index (χ2v) is 12.9. The van der Waals surface area contributed by atoms with Gasteiger partial charge >= 0.3 is 0 Å². The van der Waals surface area contributed by atoms with E-state index in [0.717, 1.165) is 9.87 Å². The molecule has 9 nitrogen and oxygen atoms in total. The van der Waals surface area contributed by atoms with Gasteiger partial charge in [-0.1, -0.05) is 77.8 Å². The number of amides is 2. The smallest absolute Gasteiger partial charge is 0.264 e. The van der Waals surface area contributed by atoms with Gasteiger partial charge in [-0.15, -0.1) is 0 Å². The van der Waals surface area contributed by atoms with Crippen molar-refractivity contribution in [2.24, 2.45) is 0 Å². The summed E-state index contributed by atoms with van der Waals surface area (Å²) in [6.07, 6.45) is 0.188. The van der Waals surface area contributed by atoms with E-state index in [1.807, 2.05) is 30.3 Å². The fraction of sp³-hybridized carbons (Fsp3) is 0.235. The molecule has 0 saturated heterocycles. The number of methoxy groups -OCH3 is 2. The van der Waals surface area contributed by atoms with E-state index in [0.29, 0.717) is 22.9 Å².